The number of halogens is 3. The SMILES string of the molecule is CCCCCCC1=CI=C(C2(C3=CC=C(CCCCCC)CC3)C3=C(C=CC(Br)C3)c3ccc(Br)cc32)C=C1. The highest BCUT2D eigenvalue weighted by atomic mass is 127. The van der Waals surface area contributed by atoms with Crippen LogP contribution in [0.1, 0.15) is 108 Å². The van der Waals surface area contributed by atoms with E-state index in [1.807, 2.05) is 0 Å². The van der Waals surface area contributed by atoms with Gasteiger partial charge in [0.25, 0.3) is 0 Å². The van der Waals surface area contributed by atoms with Gasteiger partial charge in [0.05, 0.1) is 5.41 Å². The molecule has 1 aromatic carbocycles. The van der Waals surface area contributed by atoms with E-state index in [9.17, 15) is 0 Å². The Kier molecular flexibility index (Phi) is 10.6. The fourth-order valence-corrected chi connectivity index (χ4v) is 10.7. The number of alkyl halides is 1. The number of fused-ring (bicyclic) bond motifs is 2. The van der Waals surface area contributed by atoms with Gasteiger partial charge in [-0.1, -0.05) is 159 Å². The van der Waals surface area contributed by atoms with E-state index in [2.05, 4.69) is 104 Å². The minimum Gasteiger partial charge on any atom is -0.0882 e. The topological polar surface area (TPSA) is 0 Å². The van der Waals surface area contributed by atoms with Gasteiger partial charge >= 0.3 is 0 Å². The van der Waals surface area contributed by atoms with Crippen LogP contribution in [0.3, 0.4) is 0 Å². The zero-order chi connectivity index (χ0) is 27.2. The van der Waals surface area contributed by atoms with Gasteiger partial charge in [0, 0.05) is 12.8 Å². The summed E-state index contributed by atoms with van der Waals surface area (Å²) in [6.45, 7) is 4.60. The normalized spacial score (nSPS) is 23.9. The highest BCUT2D eigenvalue weighted by Crippen LogP contribution is 2.58. The number of hydrogen-bond donors (Lipinski definition) is 0. The molecule has 3 heteroatoms. The van der Waals surface area contributed by atoms with Gasteiger partial charge in [-0.05, 0) is 89.0 Å². The first-order valence-electron chi connectivity index (χ1n) is 15.2. The monoisotopic (exact) mass is 760 g/mol. The fourth-order valence-electron chi connectivity index (χ4n) is 6.76. The van der Waals surface area contributed by atoms with Crippen LogP contribution in [-0.4, -0.2) is 8.34 Å². The third-order valence-electron chi connectivity index (χ3n) is 8.83. The van der Waals surface area contributed by atoms with Gasteiger partial charge in [0.2, 0.25) is 0 Å². The van der Waals surface area contributed by atoms with Gasteiger partial charge in [-0.2, -0.15) is 0 Å². The van der Waals surface area contributed by atoms with Crippen molar-refractivity contribution in [2.75, 3.05) is 0 Å². The highest BCUT2D eigenvalue weighted by molar-refractivity contribution is 14.2. The maximum absolute atomic E-state index is 3.99. The van der Waals surface area contributed by atoms with Crippen LogP contribution in [0.25, 0.3) is 5.57 Å². The third kappa shape index (κ3) is 6.36. The second-order valence-electron chi connectivity index (χ2n) is 11.5. The first kappa shape index (κ1) is 29.7. The Morgan fingerprint density at radius 1 is 0.897 bits per heavy atom. The summed E-state index contributed by atoms with van der Waals surface area (Å²) in [6, 6.07) is 7.06. The largest absolute Gasteiger partial charge is 0.0882 e. The Labute approximate surface area is 263 Å². The van der Waals surface area contributed by atoms with Crippen molar-refractivity contribution < 1.29 is 0 Å². The molecule has 0 fully saturated rings. The molecule has 2 atom stereocenters. The average molecular weight is 762 g/mol. The van der Waals surface area contributed by atoms with E-state index in [4.69, 9.17) is 0 Å². The van der Waals surface area contributed by atoms with Crippen molar-refractivity contribution in [1.29, 1.82) is 0 Å². The summed E-state index contributed by atoms with van der Waals surface area (Å²) in [6.07, 6.45) is 31.6. The summed E-state index contributed by atoms with van der Waals surface area (Å²) in [4.78, 5) is 0.401. The Bertz CT molecular complexity index is 1280. The van der Waals surface area contributed by atoms with Crippen LogP contribution < -0.4 is 0 Å². The van der Waals surface area contributed by atoms with Crippen molar-refractivity contribution in [3.63, 3.8) is 0 Å². The molecule has 3 aliphatic carbocycles. The molecule has 0 radical (unpaired) electrons. The van der Waals surface area contributed by atoms with Gasteiger partial charge in [-0.15, -0.1) is 0 Å². The minimum absolute atomic E-state index is 0.0938. The van der Waals surface area contributed by atoms with Gasteiger partial charge in [-0.25, -0.2) is 0 Å². The molecule has 39 heavy (non-hydrogen) atoms. The number of benzene rings is 1. The molecule has 5 rings (SSSR count). The summed E-state index contributed by atoms with van der Waals surface area (Å²) in [5.41, 5.74) is 10.8. The number of hydrogen-bond acceptors (Lipinski definition) is 0. The average Bonchev–Trinajstić information content (AvgIpc) is 3.23. The van der Waals surface area contributed by atoms with Crippen LogP contribution in [0.5, 0.6) is 0 Å². The molecule has 2 unspecified atom stereocenters. The lowest BCUT2D eigenvalue weighted by atomic mass is 9.65. The van der Waals surface area contributed by atoms with Crippen LogP contribution in [0.15, 0.2) is 85.5 Å². The molecule has 0 bridgehead atoms. The van der Waals surface area contributed by atoms with Crippen LogP contribution in [-0.2, 0) is 5.41 Å². The molecule has 1 heterocycles. The van der Waals surface area contributed by atoms with E-state index < -0.39 is 0 Å². The third-order valence-corrected chi connectivity index (χ3v) is 12.9. The van der Waals surface area contributed by atoms with E-state index >= 15 is 0 Å². The van der Waals surface area contributed by atoms with E-state index in [1.165, 1.54) is 98.2 Å². The lowest BCUT2D eigenvalue weighted by molar-refractivity contribution is 0.641. The first-order valence-corrected chi connectivity index (χ1v) is 19.2. The minimum atomic E-state index is -0.200. The molecular formula is C36H43Br2I. The Morgan fingerprint density at radius 2 is 1.69 bits per heavy atom. The quantitative estimate of drug-likeness (QED) is 0.113. The smallest absolute Gasteiger partial charge is 0.0693 e. The number of unbranched alkanes of at least 4 members (excludes halogenated alkanes) is 6. The van der Waals surface area contributed by atoms with Crippen LogP contribution in [0.4, 0.5) is 0 Å². The van der Waals surface area contributed by atoms with Crippen molar-refractivity contribution in [3.05, 3.63) is 96.6 Å². The lowest BCUT2D eigenvalue weighted by Crippen LogP contribution is -2.38. The zero-order valence-electron chi connectivity index (χ0n) is 23.7. The molecule has 0 aromatic heterocycles. The van der Waals surface area contributed by atoms with Crippen LogP contribution in [0.2, 0.25) is 0 Å². The molecule has 0 saturated heterocycles. The summed E-state index contributed by atoms with van der Waals surface area (Å²) in [5, 5.41) is 0. The second-order valence-corrected chi connectivity index (χ2v) is 16.0. The predicted octanol–water partition coefficient (Wildman–Crippen LogP) is 12.4. The van der Waals surface area contributed by atoms with E-state index in [1.54, 1.807) is 25.8 Å². The van der Waals surface area contributed by atoms with Crippen molar-refractivity contribution in [2.24, 2.45) is 0 Å². The second kappa shape index (κ2) is 13.9. The Hall–Kier alpha value is -0.780. The molecular weight excluding hydrogens is 719 g/mol. The standard InChI is InChI=1S/C36H43Br2I/c1-3-5-7-9-11-26-13-16-28(17-14-26)36(35-22-15-27(25-39-35)12-10-8-6-4-2)33-23-29(37)18-20-31(33)32-21-19-30(38)24-34(32)36/h13,15-16,18-23,25,30H,3-12,14,17,24H2,1-2H3. The summed E-state index contributed by atoms with van der Waals surface area (Å²) < 4.78 is 5.52. The summed E-state index contributed by atoms with van der Waals surface area (Å²) >= 11 is 7.66. The Balaban J connectivity index is 1.57. The highest BCUT2D eigenvalue weighted by Gasteiger charge is 2.50. The van der Waals surface area contributed by atoms with Gasteiger partial charge in [-0.3, -0.25) is 0 Å². The molecule has 1 aromatic rings. The number of rotatable bonds is 12. The Morgan fingerprint density at radius 3 is 2.38 bits per heavy atom. The number of allylic oxidation sites excluding steroid dienone is 11. The molecule has 0 nitrogen and oxygen atoms in total. The molecule has 0 amide bonds. The molecule has 0 saturated carbocycles. The van der Waals surface area contributed by atoms with Crippen molar-refractivity contribution in [3.8, 4) is 0 Å². The zero-order valence-corrected chi connectivity index (χ0v) is 29.0. The lowest BCUT2D eigenvalue weighted by Gasteiger charge is -2.40. The van der Waals surface area contributed by atoms with Gasteiger partial charge in [0.1, 0.15) is 0 Å². The van der Waals surface area contributed by atoms with Crippen LogP contribution >= 0.6 is 52.6 Å². The van der Waals surface area contributed by atoms with Crippen molar-refractivity contribution in [1.82, 2.24) is 0 Å². The molecule has 0 N–H and O–H groups in total. The van der Waals surface area contributed by atoms with E-state index in [0.717, 1.165) is 6.42 Å². The van der Waals surface area contributed by atoms with Crippen molar-refractivity contribution >= 4 is 61.7 Å². The van der Waals surface area contributed by atoms with Gasteiger partial charge < -0.3 is 0 Å². The predicted molar refractivity (Wildman–Crippen MR) is 188 cm³/mol. The van der Waals surface area contributed by atoms with Gasteiger partial charge in [0.15, 0.2) is 0 Å². The van der Waals surface area contributed by atoms with E-state index in [0.29, 0.717) is 4.83 Å². The molecule has 0 spiro atoms. The summed E-state index contributed by atoms with van der Waals surface area (Å²) in [5.74, 6) is 0. The fraction of sp³-hybridized carbons (Fsp3) is 0.472. The van der Waals surface area contributed by atoms with Crippen LogP contribution in [0, 0.1) is 0 Å². The molecule has 1 aliphatic heterocycles. The maximum atomic E-state index is 3.99. The molecule has 4 aliphatic rings. The molecule has 208 valence electrons. The first-order chi connectivity index (χ1) is 19.1. The van der Waals surface area contributed by atoms with Crippen molar-refractivity contribution in [2.45, 2.75) is 108 Å². The van der Waals surface area contributed by atoms with E-state index in [-0.39, 0.29) is 26.1 Å². The summed E-state index contributed by atoms with van der Waals surface area (Å²) in [7, 11) is 0. The maximum Gasteiger partial charge on any atom is 0.0693 e.